The van der Waals surface area contributed by atoms with E-state index in [1.807, 2.05) is 6.26 Å². The Balaban J connectivity index is 2.24. The first-order valence-electron chi connectivity index (χ1n) is 7.17. The van der Waals surface area contributed by atoms with Gasteiger partial charge in [-0.1, -0.05) is 20.3 Å². The molecule has 1 heterocycles. The highest BCUT2D eigenvalue weighted by atomic mass is 32.2. The lowest BCUT2D eigenvalue weighted by Gasteiger charge is -2.46. The molecule has 1 saturated heterocycles. The fraction of sp³-hybridized carbons (Fsp3) is 0.786. The summed E-state index contributed by atoms with van der Waals surface area (Å²) < 4.78 is -0.127. The lowest BCUT2D eigenvalue weighted by atomic mass is 9.66. The molecule has 1 N–H and O–H groups in total. The van der Waals surface area contributed by atoms with Crippen LogP contribution in [0, 0.1) is 5.41 Å². The topological polar surface area (TPSA) is 66.5 Å². The highest BCUT2D eigenvalue weighted by molar-refractivity contribution is 8.00. The predicted molar refractivity (Wildman–Crippen MR) is 78.4 cm³/mol. The molecule has 5 nitrogen and oxygen atoms in total. The van der Waals surface area contributed by atoms with Crippen LogP contribution in [0.1, 0.15) is 46.0 Å². The zero-order valence-corrected chi connectivity index (χ0v) is 13.1. The van der Waals surface area contributed by atoms with Crippen molar-refractivity contribution >= 4 is 29.6 Å². The lowest BCUT2D eigenvalue weighted by molar-refractivity contribution is -0.157. The number of amides is 4. The molecule has 0 aromatic carbocycles. The first kappa shape index (κ1) is 15.4. The Morgan fingerprint density at radius 2 is 1.85 bits per heavy atom. The van der Waals surface area contributed by atoms with Crippen molar-refractivity contribution in [3.05, 3.63) is 0 Å². The van der Waals surface area contributed by atoms with E-state index in [-0.39, 0.29) is 10.7 Å². The summed E-state index contributed by atoms with van der Waals surface area (Å²) in [5, 5.41) is 2.37. The molecular formula is C14H22N2O3S. The van der Waals surface area contributed by atoms with Crippen LogP contribution in [-0.4, -0.2) is 40.3 Å². The molecule has 1 aliphatic heterocycles. The third-order valence-electron chi connectivity index (χ3n) is 4.93. The predicted octanol–water partition coefficient (Wildman–Crippen LogP) is 2.16. The van der Waals surface area contributed by atoms with E-state index in [1.165, 1.54) is 4.90 Å². The molecule has 0 bridgehead atoms. The number of thioether (sulfide) groups is 1. The molecule has 0 unspecified atom stereocenters. The Labute approximate surface area is 123 Å². The van der Waals surface area contributed by atoms with Crippen LogP contribution < -0.4 is 5.32 Å². The molecule has 0 aromatic heterocycles. The van der Waals surface area contributed by atoms with E-state index in [0.29, 0.717) is 19.4 Å². The van der Waals surface area contributed by atoms with Crippen LogP contribution in [0.5, 0.6) is 0 Å². The van der Waals surface area contributed by atoms with Crippen molar-refractivity contribution in [1.82, 2.24) is 10.2 Å². The van der Waals surface area contributed by atoms with Gasteiger partial charge >= 0.3 is 6.03 Å². The molecule has 6 heteroatoms. The van der Waals surface area contributed by atoms with Gasteiger partial charge in [-0.2, -0.15) is 11.8 Å². The van der Waals surface area contributed by atoms with Gasteiger partial charge in [0.05, 0.1) is 0 Å². The molecular weight excluding hydrogens is 276 g/mol. The van der Waals surface area contributed by atoms with E-state index in [4.69, 9.17) is 0 Å². The van der Waals surface area contributed by atoms with Crippen molar-refractivity contribution in [2.24, 2.45) is 5.41 Å². The molecule has 1 spiro atoms. The minimum absolute atomic E-state index is 0.127. The smallest absolute Gasteiger partial charge is 0.277 e. The minimum Gasteiger partial charge on any atom is -0.277 e. The van der Waals surface area contributed by atoms with E-state index in [0.717, 1.165) is 19.3 Å². The van der Waals surface area contributed by atoms with Crippen LogP contribution in [0.3, 0.4) is 0 Å². The molecule has 0 aromatic rings. The maximum absolute atomic E-state index is 12.6. The number of carbonyl (C=O) groups excluding carboxylic acids is 3. The van der Waals surface area contributed by atoms with Crippen LogP contribution >= 0.6 is 11.8 Å². The molecule has 1 aliphatic carbocycles. The Morgan fingerprint density at radius 1 is 1.25 bits per heavy atom. The van der Waals surface area contributed by atoms with Crippen LogP contribution in [0.2, 0.25) is 0 Å². The van der Waals surface area contributed by atoms with Crippen molar-refractivity contribution in [1.29, 1.82) is 0 Å². The summed E-state index contributed by atoms with van der Waals surface area (Å²) >= 11 is 1.68. The number of carbonyl (C=O) groups is 3. The van der Waals surface area contributed by atoms with Gasteiger partial charge in [0.2, 0.25) is 11.8 Å². The molecule has 0 radical (unpaired) electrons. The molecule has 0 atom stereocenters. The van der Waals surface area contributed by atoms with E-state index < -0.39 is 17.4 Å². The zero-order valence-electron chi connectivity index (χ0n) is 12.3. The standard InChI is InChI=1S/C14H22N2O3S/c1-4-13(5-2,20-3)9-16-11(18)14(7-6-8-14)10(17)15-12(16)19/h4-9H2,1-3H3,(H,15,17,19). The van der Waals surface area contributed by atoms with Gasteiger partial charge in [0.15, 0.2) is 0 Å². The number of hydrogen-bond acceptors (Lipinski definition) is 4. The number of nitrogens with zero attached hydrogens (tertiary/aromatic N) is 1. The Kier molecular flexibility index (Phi) is 4.14. The summed E-state index contributed by atoms with van der Waals surface area (Å²) in [6.07, 6.45) is 5.75. The van der Waals surface area contributed by atoms with Crippen LogP contribution in [0.4, 0.5) is 4.79 Å². The van der Waals surface area contributed by atoms with E-state index >= 15 is 0 Å². The van der Waals surface area contributed by atoms with Crippen LogP contribution in [0.25, 0.3) is 0 Å². The van der Waals surface area contributed by atoms with Gasteiger partial charge in [-0.3, -0.25) is 19.8 Å². The molecule has 2 fully saturated rings. The van der Waals surface area contributed by atoms with Crippen molar-refractivity contribution in [2.45, 2.75) is 50.7 Å². The maximum atomic E-state index is 12.6. The summed E-state index contributed by atoms with van der Waals surface area (Å²) in [4.78, 5) is 37.9. The Hall–Kier alpha value is -1.04. The molecule has 112 valence electrons. The molecule has 1 saturated carbocycles. The second kappa shape index (κ2) is 5.39. The van der Waals surface area contributed by atoms with Crippen molar-refractivity contribution < 1.29 is 14.4 Å². The average Bonchev–Trinajstić information content (AvgIpc) is 2.38. The Morgan fingerprint density at radius 3 is 2.25 bits per heavy atom. The zero-order chi connectivity index (χ0) is 15.0. The maximum Gasteiger partial charge on any atom is 0.330 e. The van der Waals surface area contributed by atoms with Gasteiger partial charge < -0.3 is 0 Å². The number of hydrogen-bond donors (Lipinski definition) is 1. The minimum atomic E-state index is -0.959. The number of barbiturate groups is 1. The molecule has 2 aliphatic rings. The third-order valence-corrected chi connectivity index (χ3v) is 6.50. The van der Waals surface area contributed by atoms with Gasteiger partial charge in [0, 0.05) is 11.3 Å². The summed E-state index contributed by atoms with van der Waals surface area (Å²) in [7, 11) is 0. The number of imide groups is 2. The highest BCUT2D eigenvalue weighted by Gasteiger charge is 2.57. The third kappa shape index (κ3) is 2.14. The second-order valence-corrected chi connectivity index (χ2v) is 6.95. The first-order chi connectivity index (χ1) is 9.44. The van der Waals surface area contributed by atoms with Crippen LogP contribution in [-0.2, 0) is 9.59 Å². The van der Waals surface area contributed by atoms with E-state index in [2.05, 4.69) is 19.2 Å². The fourth-order valence-corrected chi connectivity index (χ4v) is 3.80. The number of urea groups is 1. The SMILES string of the molecule is CCC(CC)(CN1C(=O)NC(=O)C2(CCC2)C1=O)SC. The molecule has 20 heavy (non-hydrogen) atoms. The van der Waals surface area contributed by atoms with Gasteiger partial charge in [-0.25, -0.2) is 4.79 Å². The summed E-state index contributed by atoms with van der Waals surface area (Å²) in [5.74, 6) is -0.699. The van der Waals surface area contributed by atoms with Crippen molar-refractivity contribution in [3.63, 3.8) is 0 Å². The lowest BCUT2D eigenvalue weighted by Crippen LogP contribution is -2.67. The Bertz CT molecular complexity index is 433. The van der Waals surface area contributed by atoms with Gasteiger partial charge in [0.1, 0.15) is 5.41 Å². The highest BCUT2D eigenvalue weighted by Crippen LogP contribution is 2.45. The largest absolute Gasteiger partial charge is 0.330 e. The van der Waals surface area contributed by atoms with Gasteiger partial charge in [0.25, 0.3) is 0 Å². The van der Waals surface area contributed by atoms with Crippen molar-refractivity contribution in [3.8, 4) is 0 Å². The number of nitrogens with one attached hydrogen (secondary N) is 1. The van der Waals surface area contributed by atoms with Gasteiger partial charge in [-0.05, 0) is 31.9 Å². The first-order valence-corrected chi connectivity index (χ1v) is 8.39. The molecule has 2 rings (SSSR count). The second-order valence-electron chi connectivity index (χ2n) is 5.68. The van der Waals surface area contributed by atoms with Crippen LogP contribution in [0.15, 0.2) is 0 Å². The van der Waals surface area contributed by atoms with Gasteiger partial charge in [-0.15, -0.1) is 0 Å². The quantitative estimate of drug-likeness (QED) is 0.790. The normalized spacial score (nSPS) is 21.9. The number of rotatable bonds is 5. The van der Waals surface area contributed by atoms with E-state index in [9.17, 15) is 14.4 Å². The summed E-state index contributed by atoms with van der Waals surface area (Å²) in [6.45, 7) is 4.51. The van der Waals surface area contributed by atoms with Crippen molar-refractivity contribution in [2.75, 3.05) is 12.8 Å². The summed E-state index contributed by atoms with van der Waals surface area (Å²) in [5.41, 5.74) is -0.959. The van der Waals surface area contributed by atoms with E-state index in [1.54, 1.807) is 11.8 Å². The average molecular weight is 298 g/mol. The summed E-state index contributed by atoms with van der Waals surface area (Å²) in [6, 6.07) is -0.558. The monoisotopic (exact) mass is 298 g/mol. The molecule has 4 amide bonds. The fourth-order valence-electron chi connectivity index (χ4n) is 2.96.